The summed E-state index contributed by atoms with van der Waals surface area (Å²) in [6.07, 6.45) is 2.15. The molecule has 0 bridgehead atoms. The molecule has 1 saturated heterocycles. The van der Waals surface area contributed by atoms with Crippen molar-refractivity contribution in [2.24, 2.45) is 0 Å². The number of carbonyl (C=O) groups excluding carboxylic acids is 1. The van der Waals surface area contributed by atoms with Gasteiger partial charge < -0.3 is 15.4 Å². The maximum absolute atomic E-state index is 11.6. The lowest BCUT2D eigenvalue weighted by Gasteiger charge is -2.29. The predicted molar refractivity (Wildman–Crippen MR) is 76.9 cm³/mol. The molecule has 1 heterocycles. The van der Waals surface area contributed by atoms with Crippen molar-refractivity contribution >= 4 is 23.2 Å². The Morgan fingerprint density at radius 3 is 2.95 bits per heavy atom. The van der Waals surface area contributed by atoms with Gasteiger partial charge in [0.05, 0.1) is 16.8 Å². The first-order valence-electron chi connectivity index (χ1n) is 6.50. The lowest BCUT2D eigenvalue weighted by Crippen LogP contribution is -2.32. The number of halogens is 1. The molecule has 0 spiro atoms. The predicted octanol–water partition coefficient (Wildman–Crippen LogP) is 2.68. The second-order valence-electron chi connectivity index (χ2n) is 4.82. The van der Waals surface area contributed by atoms with Crippen molar-refractivity contribution in [3.05, 3.63) is 28.8 Å². The van der Waals surface area contributed by atoms with Crippen LogP contribution in [0.25, 0.3) is 0 Å². The van der Waals surface area contributed by atoms with E-state index in [-0.39, 0.29) is 12.0 Å². The topological polar surface area (TPSA) is 50.4 Å². The lowest BCUT2D eigenvalue weighted by molar-refractivity contribution is 0.0232. The second-order valence-corrected chi connectivity index (χ2v) is 5.23. The fourth-order valence-corrected chi connectivity index (χ4v) is 2.44. The van der Waals surface area contributed by atoms with Crippen LogP contribution in [0.4, 0.5) is 5.69 Å². The Morgan fingerprint density at radius 1 is 1.47 bits per heavy atom. The molecule has 1 aromatic rings. The summed E-state index contributed by atoms with van der Waals surface area (Å²) in [5, 5.41) is 6.65. The molecule has 19 heavy (non-hydrogen) atoms. The van der Waals surface area contributed by atoms with Crippen LogP contribution in [-0.4, -0.2) is 31.7 Å². The number of rotatable bonds is 3. The van der Waals surface area contributed by atoms with Crippen LogP contribution >= 0.6 is 11.6 Å². The molecule has 0 radical (unpaired) electrons. The summed E-state index contributed by atoms with van der Waals surface area (Å²) in [4.78, 5) is 11.6. The summed E-state index contributed by atoms with van der Waals surface area (Å²) in [6.45, 7) is 2.82. The molecule has 2 N–H and O–H groups in total. The van der Waals surface area contributed by atoms with E-state index in [4.69, 9.17) is 16.3 Å². The van der Waals surface area contributed by atoms with Crippen molar-refractivity contribution in [3.63, 3.8) is 0 Å². The van der Waals surface area contributed by atoms with Gasteiger partial charge in [0.1, 0.15) is 0 Å². The summed E-state index contributed by atoms with van der Waals surface area (Å²) < 4.78 is 5.52. The van der Waals surface area contributed by atoms with Gasteiger partial charge in [-0.3, -0.25) is 4.79 Å². The van der Waals surface area contributed by atoms with Crippen LogP contribution < -0.4 is 10.6 Å². The molecule has 4 nitrogen and oxygen atoms in total. The zero-order chi connectivity index (χ0) is 13.8. The smallest absolute Gasteiger partial charge is 0.251 e. The molecule has 1 aromatic carbocycles. The van der Waals surface area contributed by atoms with Gasteiger partial charge in [-0.1, -0.05) is 11.6 Å². The average molecular weight is 283 g/mol. The fraction of sp³-hybridized carbons (Fsp3) is 0.500. The minimum absolute atomic E-state index is 0.111. The normalized spacial score (nSPS) is 22.9. The quantitative estimate of drug-likeness (QED) is 0.896. The van der Waals surface area contributed by atoms with Gasteiger partial charge in [-0.05, 0) is 38.0 Å². The number of amides is 1. The Morgan fingerprint density at radius 2 is 2.26 bits per heavy atom. The highest BCUT2D eigenvalue weighted by Crippen LogP contribution is 2.26. The van der Waals surface area contributed by atoms with Gasteiger partial charge in [0.25, 0.3) is 5.91 Å². The zero-order valence-electron chi connectivity index (χ0n) is 11.2. The Hall–Kier alpha value is -1.26. The Balaban J connectivity index is 2.12. The molecule has 1 fully saturated rings. The van der Waals surface area contributed by atoms with Crippen molar-refractivity contribution in [2.45, 2.75) is 31.9 Å². The molecular formula is C14H19ClN2O2. The SMILES string of the molecule is CNC(=O)c1ccc(Cl)c(NC2CCOC(C)C2)c1. The van der Waals surface area contributed by atoms with E-state index in [1.165, 1.54) is 0 Å². The molecule has 1 aliphatic heterocycles. The molecule has 2 atom stereocenters. The molecule has 1 amide bonds. The maximum Gasteiger partial charge on any atom is 0.251 e. The summed E-state index contributed by atoms with van der Waals surface area (Å²) >= 11 is 6.17. The first kappa shape index (κ1) is 14.2. The highest BCUT2D eigenvalue weighted by atomic mass is 35.5. The Kier molecular flexibility index (Phi) is 4.66. The zero-order valence-corrected chi connectivity index (χ0v) is 12.0. The Bertz CT molecular complexity index is 465. The number of benzene rings is 1. The molecule has 0 aromatic heterocycles. The summed E-state index contributed by atoms with van der Waals surface area (Å²) in [6, 6.07) is 5.60. The molecule has 2 rings (SSSR count). The van der Waals surface area contributed by atoms with Crippen molar-refractivity contribution in [1.82, 2.24) is 5.32 Å². The fourth-order valence-electron chi connectivity index (χ4n) is 2.27. The van der Waals surface area contributed by atoms with Crippen molar-refractivity contribution < 1.29 is 9.53 Å². The lowest BCUT2D eigenvalue weighted by atomic mass is 10.0. The number of nitrogens with one attached hydrogen (secondary N) is 2. The van der Waals surface area contributed by atoms with Crippen LogP contribution in [0.1, 0.15) is 30.1 Å². The van der Waals surface area contributed by atoms with E-state index in [2.05, 4.69) is 17.6 Å². The van der Waals surface area contributed by atoms with Crippen LogP contribution in [0.2, 0.25) is 5.02 Å². The number of hydrogen-bond donors (Lipinski definition) is 2. The van der Waals surface area contributed by atoms with Crippen molar-refractivity contribution in [1.29, 1.82) is 0 Å². The van der Waals surface area contributed by atoms with Gasteiger partial charge in [-0.25, -0.2) is 0 Å². The maximum atomic E-state index is 11.6. The van der Waals surface area contributed by atoms with E-state index < -0.39 is 0 Å². The van der Waals surface area contributed by atoms with Gasteiger partial charge in [-0.2, -0.15) is 0 Å². The van der Waals surface area contributed by atoms with Crippen molar-refractivity contribution in [3.8, 4) is 0 Å². The monoisotopic (exact) mass is 282 g/mol. The molecule has 2 unspecified atom stereocenters. The van der Waals surface area contributed by atoms with Gasteiger partial charge in [0.15, 0.2) is 0 Å². The highest BCUT2D eigenvalue weighted by Gasteiger charge is 2.20. The van der Waals surface area contributed by atoms with E-state index in [0.717, 1.165) is 25.1 Å². The highest BCUT2D eigenvalue weighted by molar-refractivity contribution is 6.33. The standard InChI is InChI=1S/C14H19ClN2O2/c1-9-7-11(5-6-19-9)17-13-8-10(14(18)16-2)3-4-12(13)15/h3-4,8-9,11,17H,5-7H2,1-2H3,(H,16,18). The van der Waals surface area contributed by atoms with E-state index in [1.807, 2.05) is 0 Å². The van der Waals surface area contributed by atoms with Gasteiger partial charge in [0.2, 0.25) is 0 Å². The van der Waals surface area contributed by atoms with Gasteiger partial charge >= 0.3 is 0 Å². The third-order valence-corrected chi connectivity index (χ3v) is 3.63. The third kappa shape index (κ3) is 3.61. The summed E-state index contributed by atoms with van der Waals surface area (Å²) in [5.74, 6) is -0.111. The largest absolute Gasteiger partial charge is 0.381 e. The average Bonchev–Trinajstić information content (AvgIpc) is 2.40. The van der Waals surface area contributed by atoms with E-state index in [9.17, 15) is 4.79 Å². The molecule has 5 heteroatoms. The number of ether oxygens (including phenoxy) is 1. The number of hydrogen-bond acceptors (Lipinski definition) is 3. The number of anilines is 1. The van der Waals surface area contributed by atoms with Crippen LogP contribution in [0, 0.1) is 0 Å². The first-order chi connectivity index (χ1) is 9.10. The Labute approximate surface area is 118 Å². The molecule has 0 saturated carbocycles. The van der Waals surface area contributed by atoms with E-state index in [0.29, 0.717) is 16.6 Å². The second kappa shape index (κ2) is 6.26. The van der Waals surface area contributed by atoms with Crippen LogP contribution in [-0.2, 0) is 4.74 Å². The van der Waals surface area contributed by atoms with Crippen molar-refractivity contribution in [2.75, 3.05) is 19.0 Å². The van der Waals surface area contributed by atoms with Crippen LogP contribution in [0.5, 0.6) is 0 Å². The van der Waals surface area contributed by atoms with E-state index in [1.54, 1.807) is 25.2 Å². The van der Waals surface area contributed by atoms with Gasteiger partial charge in [-0.15, -0.1) is 0 Å². The molecule has 0 aliphatic carbocycles. The van der Waals surface area contributed by atoms with E-state index >= 15 is 0 Å². The van der Waals surface area contributed by atoms with Gasteiger partial charge in [0, 0.05) is 25.3 Å². The molecular weight excluding hydrogens is 264 g/mol. The molecule has 1 aliphatic rings. The van der Waals surface area contributed by atoms with Crippen LogP contribution in [0.3, 0.4) is 0 Å². The van der Waals surface area contributed by atoms with Crippen LogP contribution in [0.15, 0.2) is 18.2 Å². The minimum atomic E-state index is -0.111. The summed E-state index contributed by atoms with van der Waals surface area (Å²) in [7, 11) is 1.62. The number of carbonyl (C=O) groups is 1. The first-order valence-corrected chi connectivity index (χ1v) is 6.87. The molecule has 104 valence electrons. The summed E-state index contributed by atoms with van der Waals surface area (Å²) in [5.41, 5.74) is 1.41. The minimum Gasteiger partial charge on any atom is -0.381 e. The third-order valence-electron chi connectivity index (χ3n) is 3.30.